The molecule has 3 aromatic rings. The van der Waals surface area contributed by atoms with Crippen molar-refractivity contribution >= 4 is 22.8 Å². The van der Waals surface area contributed by atoms with Gasteiger partial charge in [-0.1, -0.05) is 36.8 Å². The first kappa shape index (κ1) is 18.2. The molecule has 0 spiro atoms. The second-order valence-corrected chi connectivity index (χ2v) is 7.18. The van der Waals surface area contributed by atoms with E-state index in [0.717, 1.165) is 48.1 Å². The van der Waals surface area contributed by atoms with Crippen molar-refractivity contribution in [2.45, 2.75) is 38.1 Å². The first-order valence-electron chi connectivity index (χ1n) is 9.81. The van der Waals surface area contributed by atoms with Crippen molar-refractivity contribution in [3.05, 3.63) is 65.5 Å². The van der Waals surface area contributed by atoms with Crippen LogP contribution in [0.3, 0.4) is 0 Å². The summed E-state index contributed by atoms with van der Waals surface area (Å²) in [5.74, 6) is 0.888. The predicted octanol–water partition coefficient (Wildman–Crippen LogP) is 3.27. The number of amides is 2. The van der Waals surface area contributed by atoms with Crippen LogP contribution >= 0.6 is 0 Å². The number of hydrogen-bond donors (Lipinski definition) is 3. The molecule has 2 amide bonds. The van der Waals surface area contributed by atoms with Gasteiger partial charge < -0.3 is 15.6 Å². The zero-order chi connectivity index (χ0) is 19.3. The second-order valence-electron chi connectivity index (χ2n) is 7.18. The molecule has 1 aromatic heterocycles. The average molecular weight is 376 g/mol. The maximum Gasteiger partial charge on any atom is 0.252 e. The number of aromatic amines is 1. The van der Waals surface area contributed by atoms with Gasteiger partial charge >= 0.3 is 0 Å². The summed E-state index contributed by atoms with van der Waals surface area (Å²) in [6, 6.07) is 15.2. The molecule has 0 aliphatic carbocycles. The van der Waals surface area contributed by atoms with Gasteiger partial charge in [-0.3, -0.25) is 9.59 Å². The predicted molar refractivity (Wildman–Crippen MR) is 108 cm³/mol. The Balaban J connectivity index is 1.15. The van der Waals surface area contributed by atoms with Crippen LogP contribution in [-0.2, 0) is 11.2 Å². The molecule has 1 atom stereocenters. The van der Waals surface area contributed by atoms with Gasteiger partial charge in [0.2, 0.25) is 5.91 Å². The molecule has 0 fully saturated rings. The van der Waals surface area contributed by atoms with E-state index in [-0.39, 0.29) is 24.3 Å². The second kappa shape index (κ2) is 8.25. The molecule has 0 saturated heterocycles. The summed E-state index contributed by atoms with van der Waals surface area (Å²) >= 11 is 0. The highest BCUT2D eigenvalue weighted by molar-refractivity contribution is 5.99. The van der Waals surface area contributed by atoms with Crippen LogP contribution < -0.4 is 10.6 Å². The zero-order valence-corrected chi connectivity index (χ0v) is 15.7. The number of nitrogens with one attached hydrogen (secondary N) is 3. The van der Waals surface area contributed by atoms with Crippen molar-refractivity contribution in [2.24, 2.45) is 0 Å². The van der Waals surface area contributed by atoms with Crippen LogP contribution in [0.2, 0.25) is 0 Å². The molecular weight excluding hydrogens is 352 g/mol. The maximum absolute atomic E-state index is 12.2. The number of rotatable bonds is 8. The molecule has 0 unspecified atom stereocenters. The number of unbranched alkanes of at least 4 members (excludes halogenated alkanes) is 2. The van der Waals surface area contributed by atoms with Crippen LogP contribution in [0, 0.1) is 0 Å². The molecule has 6 nitrogen and oxygen atoms in total. The Morgan fingerprint density at radius 1 is 1.04 bits per heavy atom. The number of aromatic nitrogens is 2. The van der Waals surface area contributed by atoms with Gasteiger partial charge in [-0.15, -0.1) is 0 Å². The minimum Gasteiger partial charge on any atom is -0.356 e. The Kier molecular flexibility index (Phi) is 5.37. The highest BCUT2D eigenvalue weighted by Gasteiger charge is 2.29. The van der Waals surface area contributed by atoms with Crippen LogP contribution in [-0.4, -0.2) is 28.3 Å². The molecule has 3 N–H and O–H groups in total. The lowest BCUT2D eigenvalue weighted by atomic mass is 10.0. The molecule has 144 valence electrons. The molecule has 6 heteroatoms. The standard InChI is InChI=1S/C22H24N4O2/c27-21(14-19-15-8-3-4-9-16(15)22(28)26-19)23-13-7-1-2-12-20-24-17-10-5-6-11-18(17)25-20/h3-6,8-11,19H,1-2,7,12-14H2,(H,23,27)(H,24,25)(H,26,28)/t19-/m1/s1. The molecule has 0 saturated carbocycles. The number of benzene rings is 2. The van der Waals surface area contributed by atoms with E-state index in [9.17, 15) is 9.59 Å². The molecule has 4 rings (SSSR count). The maximum atomic E-state index is 12.2. The van der Waals surface area contributed by atoms with Crippen LogP contribution in [0.25, 0.3) is 11.0 Å². The fraction of sp³-hybridized carbons (Fsp3) is 0.318. The van der Waals surface area contributed by atoms with Crippen LogP contribution in [0.1, 0.15) is 53.5 Å². The van der Waals surface area contributed by atoms with Crippen LogP contribution in [0.15, 0.2) is 48.5 Å². The minimum absolute atomic E-state index is 0.0284. The highest BCUT2D eigenvalue weighted by Crippen LogP contribution is 2.27. The number of carbonyl (C=O) groups is 2. The van der Waals surface area contributed by atoms with Crippen molar-refractivity contribution in [3.63, 3.8) is 0 Å². The number of nitrogens with zero attached hydrogens (tertiary/aromatic N) is 1. The van der Waals surface area contributed by atoms with E-state index in [4.69, 9.17) is 0 Å². The first-order valence-corrected chi connectivity index (χ1v) is 9.81. The molecule has 0 bridgehead atoms. The Morgan fingerprint density at radius 3 is 2.75 bits per heavy atom. The largest absolute Gasteiger partial charge is 0.356 e. The van der Waals surface area contributed by atoms with E-state index < -0.39 is 0 Å². The van der Waals surface area contributed by atoms with Gasteiger partial charge in [-0.25, -0.2) is 4.98 Å². The molecule has 0 radical (unpaired) electrons. The number of fused-ring (bicyclic) bond motifs is 2. The molecule has 28 heavy (non-hydrogen) atoms. The minimum atomic E-state index is -0.225. The molecule has 2 heterocycles. The lowest BCUT2D eigenvalue weighted by Crippen LogP contribution is -2.29. The number of para-hydroxylation sites is 2. The summed E-state index contributed by atoms with van der Waals surface area (Å²) in [4.78, 5) is 32.0. The summed E-state index contributed by atoms with van der Waals surface area (Å²) in [7, 11) is 0. The fourth-order valence-corrected chi connectivity index (χ4v) is 3.69. The Hall–Kier alpha value is -3.15. The number of hydrogen-bond acceptors (Lipinski definition) is 3. The Bertz CT molecular complexity index is 962. The average Bonchev–Trinajstić information content (AvgIpc) is 3.26. The number of imidazole rings is 1. The van der Waals surface area contributed by atoms with E-state index >= 15 is 0 Å². The zero-order valence-electron chi connectivity index (χ0n) is 15.7. The topological polar surface area (TPSA) is 86.9 Å². The third kappa shape index (κ3) is 4.06. The van der Waals surface area contributed by atoms with Crippen LogP contribution in [0.5, 0.6) is 0 Å². The molecular formula is C22H24N4O2. The molecule has 1 aliphatic heterocycles. The quantitative estimate of drug-likeness (QED) is 0.527. The summed E-state index contributed by atoms with van der Waals surface area (Å²) in [5.41, 5.74) is 3.66. The van der Waals surface area contributed by atoms with Crippen molar-refractivity contribution in [3.8, 4) is 0 Å². The number of carbonyl (C=O) groups excluding carboxylic acids is 2. The van der Waals surface area contributed by atoms with Gasteiger partial charge in [0, 0.05) is 18.5 Å². The fourth-order valence-electron chi connectivity index (χ4n) is 3.69. The molecule has 2 aromatic carbocycles. The monoisotopic (exact) mass is 376 g/mol. The van der Waals surface area contributed by atoms with Gasteiger partial charge in [0.05, 0.1) is 23.5 Å². The van der Waals surface area contributed by atoms with Gasteiger partial charge in [-0.2, -0.15) is 0 Å². The lowest BCUT2D eigenvalue weighted by molar-refractivity contribution is -0.121. The van der Waals surface area contributed by atoms with E-state index in [1.54, 1.807) is 6.07 Å². The SMILES string of the molecule is O=C(C[C@H]1NC(=O)c2ccccc21)NCCCCCc1nc2ccccc2[nH]1. The van der Waals surface area contributed by atoms with E-state index in [1.807, 2.05) is 42.5 Å². The first-order chi connectivity index (χ1) is 13.7. The Morgan fingerprint density at radius 2 is 1.86 bits per heavy atom. The summed E-state index contributed by atoms with van der Waals surface area (Å²) in [6.07, 6.45) is 4.18. The van der Waals surface area contributed by atoms with E-state index in [0.29, 0.717) is 12.1 Å². The van der Waals surface area contributed by atoms with Crippen LogP contribution in [0.4, 0.5) is 0 Å². The van der Waals surface area contributed by atoms with Crippen molar-refractivity contribution in [1.82, 2.24) is 20.6 Å². The van der Waals surface area contributed by atoms with Crippen molar-refractivity contribution in [2.75, 3.05) is 6.54 Å². The summed E-state index contributed by atoms with van der Waals surface area (Å²) in [5, 5.41) is 5.84. The summed E-state index contributed by atoms with van der Waals surface area (Å²) < 4.78 is 0. The smallest absolute Gasteiger partial charge is 0.252 e. The Labute approximate surface area is 163 Å². The summed E-state index contributed by atoms with van der Waals surface area (Å²) in [6.45, 7) is 0.654. The van der Waals surface area contributed by atoms with Crippen molar-refractivity contribution in [1.29, 1.82) is 0 Å². The lowest BCUT2D eigenvalue weighted by Gasteiger charge is -2.11. The van der Waals surface area contributed by atoms with Gasteiger partial charge in [0.25, 0.3) is 5.91 Å². The molecule has 1 aliphatic rings. The van der Waals surface area contributed by atoms with Crippen molar-refractivity contribution < 1.29 is 9.59 Å². The van der Waals surface area contributed by atoms with Gasteiger partial charge in [0.15, 0.2) is 0 Å². The third-order valence-electron chi connectivity index (χ3n) is 5.13. The van der Waals surface area contributed by atoms with E-state index in [1.165, 1.54) is 0 Å². The van der Waals surface area contributed by atoms with E-state index in [2.05, 4.69) is 20.6 Å². The van der Waals surface area contributed by atoms with Gasteiger partial charge in [0.1, 0.15) is 5.82 Å². The number of aryl methyl sites for hydroxylation is 1. The third-order valence-corrected chi connectivity index (χ3v) is 5.13. The highest BCUT2D eigenvalue weighted by atomic mass is 16.2. The number of H-pyrrole nitrogens is 1. The van der Waals surface area contributed by atoms with Gasteiger partial charge in [-0.05, 0) is 36.6 Å². The normalized spacial score (nSPS) is 15.4.